The molecule has 0 radical (unpaired) electrons. The Kier molecular flexibility index (Phi) is 5.00. The van der Waals surface area contributed by atoms with Gasteiger partial charge in [0.15, 0.2) is 17.3 Å². The van der Waals surface area contributed by atoms with E-state index >= 15 is 0 Å². The number of Topliss-reactive ketones (excluding diaryl/α,β-unsaturated/α-hetero) is 1. The van der Waals surface area contributed by atoms with Crippen molar-refractivity contribution in [3.05, 3.63) is 57.2 Å². The van der Waals surface area contributed by atoms with Crippen LogP contribution in [0.1, 0.15) is 15.9 Å². The van der Waals surface area contributed by atoms with Crippen molar-refractivity contribution in [2.75, 3.05) is 14.2 Å². The van der Waals surface area contributed by atoms with E-state index in [-0.39, 0.29) is 5.78 Å². The predicted molar refractivity (Wildman–Crippen MR) is 86.7 cm³/mol. The van der Waals surface area contributed by atoms with Gasteiger partial charge in [-0.1, -0.05) is 12.1 Å². The second-order valence-corrected chi connectivity index (χ2v) is 5.54. The van der Waals surface area contributed by atoms with Gasteiger partial charge < -0.3 is 9.47 Å². The number of rotatable bonds is 5. The predicted octanol–water partition coefficient (Wildman–Crippen LogP) is 3.73. The lowest BCUT2D eigenvalue weighted by Gasteiger charge is -2.09. The number of methoxy groups -OCH3 is 2. The van der Waals surface area contributed by atoms with Crippen LogP contribution in [0.5, 0.6) is 11.5 Å². The topological polar surface area (TPSA) is 35.5 Å². The van der Waals surface area contributed by atoms with Gasteiger partial charge in [-0.05, 0) is 58.5 Å². The average molecular weight is 382 g/mol. The molecule has 0 unspecified atom stereocenters. The first-order chi connectivity index (χ1) is 9.63. The van der Waals surface area contributed by atoms with Gasteiger partial charge in [0, 0.05) is 15.6 Å². The number of ether oxygens (including phenoxy) is 2. The lowest BCUT2D eigenvalue weighted by atomic mass is 10.0. The largest absolute Gasteiger partial charge is 0.493 e. The quantitative estimate of drug-likeness (QED) is 0.584. The summed E-state index contributed by atoms with van der Waals surface area (Å²) in [5.41, 5.74) is 1.63. The van der Waals surface area contributed by atoms with E-state index < -0.39 is 0 Å². The first-order valence-electron chi connectivity index (χ1n) is 6.13. The molecule has 20 heavy (non-hydrogen) atoms. The van der Waals surface area contributed by atoms with Gasteiger partial charge in [0.25, 0.3) is 0 Å². The van der Waals surface area contributed by atoms with Crippen LogP contribution in [0.2, 0.25) is 0 Å². The number of hydrogen-bond donors (Lipinski definition) is 0. The maximum Gasteiger partial charge on any atom is 0.167 e. The Labute approximate surface area is 132 Å². The van der Waals surface area contributed by atoms with Crippen LogP contribution in [-0.2, 0) is 6.42 Å². The van der Waals surface area contributed by atoms with Gasteiger partial charge in [-0.2, -0.15) is 0 Å². The maximum atomic E-state index is 12.3. The highest BCUT2D eigenvalue weighted by Gasteiger charge is 2.11. The minimum atomic E-state index is 0.0622. The summed E-state index contributed by atoms with van der Waals surface area (Å²) in [4.78, 5) is 12.3. The first-order valence-corrected chi connectivity index (χ1v) is 7.21. The molecule has 4 heteroatoms. The highest BCUT2D eigenvalue weighted by Crippen LogP contribution is 2.28. The summed E-state index contributed by atoms with van der Waals surface area (Å²) in [6.07, 6.45) is 0.381. The number of carbonyl (C=O) groups excluding carboxylic acids is 1. The molecule has 2 aromatic carbocycles. The monoisotopic (exact) mass is 382 g/mol. The lowest BCUT2D eigenvalue weighted by Crippen LogP contribution is -2.04. The van der Waals surface area contributed by atoms with E-state index in [9.17, 15) is 4.79 Å². The van der Waals surface area contributed by atoms with Crippen molar-refractivity contribution in [1.29, 1.82) is 0 Å². The van der Waals surface area contributed by atoms with E-state index in [4.69, 9.17) is 9.47 Å². The van der Waals surface area contributed by atoms with Crippen molar-refractivity contribution < 1.29 is 14.3 Å². The van der Waals surface area contributed by atoms with Crippen molar-refractivity contribution >= 4 is 28.4 Å². The molecule has 3 nitrogen and oxygen atoms in total. The number of ketones is 1. The van der Waals surface area contributed by atoms with Crippen molar-refractivity contribution in [2.24, 2.45) is 0 Å². The third kappa shape index (κ3) is 3.50. The molecule has 0 bridgehead atoms. The minimum absolute atomic E-state index is 0.0622. The van der Waals surface area contributed by atoms with Gasteiger partial charge in [0.05, 0.1) is 14.2 Å². The molecule has 2 aromatic rings. The Hall–Kier alpha value is -1.56. The fourth-order valence-corrected chi connectivity index (χ4v) is 2.26. The van der Waals surface area contributed by atoms with E-state index in [1.165, 1.54) is 0 Å². The van der Waals surface area contributed by atoms with Crippen LogP contribution in [0.3, 0.4) is 0 Å². The Bertz CT molecular complexity index is 606. The van der Waals surface area contributed by atoms with Crippen LogP contribution in [0.15, 0.2) is 42.5 Å². The minimum Gasteiger partial charge on any atom is -0.493 e. The second-order valence-electron chi connectivity index (χ2n) is 4.30. The number of carbonyl (C=O) groups is 1. The number of halogens is 1. The summed E-state index contributed by atoms with van der Waals surface area (Å²) >= 11 is 2.24. The molecular formula is C16H15IO3. The summed E-state index contributed by atoms with van der Waals surface area (Å²) in [6.45, 7) is 0. The van der Waals surface area contributed by atoms with Crippen molar-refractivity contribution in [2.45, 2.75) is 6.42 Å². The fraction of sp³-hybridized carbons (Fsp3) is 0.188. The van der Waals surface area contributed by atoms with Crippen LogP contribution in [0.4, 0.5) is 0 Å². The van der Waals surface area contributed by atoms with Gasteiger partial charge >= 0.3 is 0 Å². The van der Waals surface area contributed by atoms with Gasteiger partial charge in [-0.25, -0.2) is 0 Å². The van der Waals surface area contributed by atoms with Crippen LogP contribution < -0.4 is 9.47 Å². The molecule has 0 aliphatic heterocycles. The molecule has 0 aliphatic rings. The molecule has 0 atom stereocenters. The van der Waals surface area contributed by atoms with Gasteiger partial charge in [0.1, 0.15) is 0 Å². The van der Waals surface area contributed by atoms with Crippen molar-refractivity contribution in [1.82, 2.24) is 0 Å². The normalized spacial score (nSPS) is 10.2. The molecular weight excluding hydrogens is 367 g/mol. The maximum absolute atomic E-state index is 12.3. The Morgan fingerprint density at radius 3 is 2.25 bits per heavy atom. The molecule has 0 aromatic heterocycles. The van der Waals surface area contributed by atoms with Crippen LogP contribution in [0, 0.1) is 3.57 Å². The van der Waals surface area contributed by atoms with E-state index in [1.54, 1.807) is 32.4 Å². The van der Waals surface area contributed by atoms with Crippen molar-refractivity contribution in [3.8, 4) is 11.5 Å². The van der Waals surface area contributed by atoms with E-state index in [1.807, 2.05) is 24.3 Å². The highest BCUT2D eigenvalue weighted by molar-refractivity contribution is 14.1. The number of hydrogen-bond acceptors (Lipinski definition) is 3. The average Bonchev–Trinajstić information content (AvgIpc) is 2.48. The van der Waals surface area contributed by atoms with Gasteiger partial charge in [-0.3, -0.25) is 4.79 Å². The number of benzene rings is 2. The second kappa shape index (κ2) is 6.74. The molecule has 0 fully saturated rings. The Morgan fingerprint density at radius 1 is 1.00 bits per heavy atom. The molecule has 0 amide bonds. The molecule has 0 saturated heterocycles. The van der Waals surface area contributed by atoms with Crippen LogP contribution in [-0.4, -0.2) is 20.0 Å². The SMILES string of the molecule is COc1ccc(C(=O)Cc2ccc(I)cc2)cc1OC. The molecule has 0 aliphatic carbocycles. The van der Waals surface area contributed by atoms with E-state index in [0.29, 0.717) is 23.5 Å². The highest BCUT2D eigenvalue weighted by atomic mass is 127. The zero-order chi connectivity index (χ0) is 14.5. The molecule has 104 valence electrons. The zero-order valence-electron chi connectivity index (χ0n) is 11.4. The Morgan fingerprint density at radius 2 is 1.65 bits per heavy atom. The van der Waals surface area contributed by atoms with Crippen LogP contribution in [0.25, 0.3) is 0 Å². The summed E-state index contributed by atoms with van der Waals surface area (Å²) in [5.74, 6) is 1.26. The summed E-state index contributed by atoms with van der Waals surface area (Å²) < 4.78 is 11.5. The smallest absolute Gasteiger partial charge is 0.167 e. The third-order valence-corrected chi connectivity index (χ3v) is 3.70. The van der Waals surface area contributed by atoms with E-state index in [0.717, 1.165) is 9.13 Å². The molecule has 0 N–H and O–H groups in total. The molecule has 2 rings (SSSR count). The fourth-order valence-electron chi connectivity index (χ4n) is 1.90. The molecule has 0 heterocycles. The first kappa shape index (κ1) is 14.8. The Balaban J connectivity index is 2.18. The van der Waals surface area contributed by atoms with Crippen molar-refractivity contribution in [3.63, 3.8) is 0 Å². The third-order valence-electron chi connectivity index (χ3n) is 2.98. The zero-order valence-corrected chi connectivity index (χ0v) is 13.5. The summed E-state index contributed by atoms with van der Waals surface area (Å²) in [6, 6.07) is 13.2. The lowest BCUT2D eigenvalue weighted by molar-refractivity contribution is 0.0992. The van der Waals surface area contributed by atoms with Gasteiger partial charge in [0.2, 0.25) is 0 Å². The molecule has 0 saturated carbocycles. The molecule has 0 spiro atoms. The van der Waals surface area contributed by atoms with E-state index in [2.05, 4.69) is 22.6 Å². The summed E-state index contributed by atoms with van der Waals surface area (Å²) in [7, 11) is 3.14. The van der Waals surface area contributed by atoms with Gasteiger partial charge in [-0.15, -0.1) is 0 Å². The standard InChI is InChI=1S/C16H15IO3/c1-19-15-8-5-12(10-16(15)20-2)14(18)9-11-3-6-13(17)7-4-11/h3-8,10H,9H2,1-2H3. The van der Waals surface area contributed by atoms with Crippen LogP contribution >= 0.6 is 22.6 Å². The summed E-state index contributed by atoms with van der Waals surface area (Å²) in [5, 5.41) is 0.